The second-order valence-corrected chi connectivity index (χ2v) is 6.11. The van der Waals surface area contributed by atoms with Crippen LogP contribution in [0.3, 0.4) is 0 Å². The van der Waals surface area contributed by atoms with Crippen molar-refractivity contribution in [1.82, 2.24) is 24.6 Å². The van der Waals surface area contributed by atoms with Gasteiger partial charge in [0.05, 0.1) is 6.26 Å². The van der Waals surface area contributed by atoms with E-state index in [0.29, 0.717) is 43.6 Å². The maximum atomic E-state index is 12.6. The van der Waals surface area contributed by atoms with Crippen molar-refractivity contribution in [2.24, 2.45) is 0 Å². The quantitative estimate of drug-likeness (QED) is 0.668. The molecule has 3 aromatic heterocycles. The number of carbonyl (C=O) groups excluding carboxylic acids is 1. The van der Waals surface area contributed by atoms with E-state index in [4.69, 9.17) is 4.42 Å². The smallest absolute Gasteiger partial charge is 0.267 e. The molecule has 9 heteroatoms. The molecule has 0 aromatic carbocycles. The summed E-state index contributed by atoms with van der Waals surface area (Å²) in [6.07, 6.45) is 4.93. The lowest BCUT2D eigenvalue weighted by molar-refractivity contribution is -0.132. The zero-order valence-electron chi connectivity index (χ0n) is 14.6. The summed E-state index contributed by atoms with van der Waals surface area (Å²) in [4.78, 5) is 36.9. The molecule has 0 atom stereocenters. The fourth-order valence-electron chi connectivity index (χ4n) is 2.96. The topological polar surface area (TPSA) is 97.4 Å². The van der Waals surface area contributed by atoms with Gasteiger partial charge in [0.2, 0.25) is 11.9 Å². The molecular weight excluding hydrogens is 348 g/mol. The van der Waals surface area contributed by atoms with Crippen LogP contribution in [-0.4, -0.2) is 56.7 Å². The molecule has 138 valence electrons. The first-order chi connectivity index (χ1) is 13.2. The Hall–Kier alpha value is -3.49. The normalized spacial score (nSPS) is 14.4. The molecular formula is C18H18N6O3. The molecule has 0 spiro atoms. The molecule has 0 saturated carbocycles. The summed E-state index contributed by atoms with van der Waals surface area (Å²) >= 11 is 0. The van der Waals surface area contributed by atoms with Gasteiger partial charge in [0, 0.05) is 44.6 Å². The Balaban J connectivity index is 1.41. The van der Waals surface area contributed by atoms with Crippen LogP contribution >= 0.6 is 0 Å². The third-order valence-corrected chi connectivity index (χ3v) is 4.39. The molecule has 1 amide bonds. The second-order valence-electron chi connectivity index (χ2n) is 6.11. The number of hydrogen-bond acceptors (Lipinski definition) is 7. The summed E-state index contributed by atoms with van der Waals surface area (Å²) in [5, 5.41) is 4.24. The number of anilines is 1. The number of carbonyl (C=O) groups is 1. The zero-order chi connectivity index (χ0) is 18.6. The third kappa shape index (κ3) is 3.71. The fraction of sp³-hybridized carbons (Fsp3) is 0.278. The number of piperazine rings is 1. The summed E-state index contributed by atoms with van der Waals surface area (Å²) in [5.74, 6) is 1.07. The first-order valence-corrected chi connectivity index (χ1v) is 8.62. The van der Waals surface area contributed by atoms with Crippen LogP contribution in [0.25, 0.3) is 11.5 Å². The van der Waals surface area contributed by atoms with Crippen molar-refractivity contribution < 1.29 is 9.21 Å². The minimum atomic E-state index is -0.324. The molecule has 27 heavy (non-hydrogen) atoms. The van der Waals surface area contributed by atoms with Crippen molar-refractivity contribution in [1.29, 1.82) is 0 Å². The van der Waals surface area contributed by atoms with Crippen molar-refractivity contribution in [2.45, 2.75) is 6.54 Å². The molecule has 0 bridgehead atoms. The number of hydrogen-bond donors (Lipinski definition) is 0. The van der Waals surface area contributed by atoms with E-state index >= 15 is 0 Å². The van der Waals surface area contributed by atoms with Crippen LogP contribution in [0.5, 0.6) is 0 Å². The van der Waals surface area contributed by atoms with Gasteiger partial charge in [-0.15, -0.1) is 0 Å². The fourth-order valence-corrected chi connectivity index (χ4v) is 2.96. The minimum absolute atomic E-state index is 0.102. The Kier molecular flexibility index (Phi) is 4.65. The monoisotopic (exact) mass is 366 g/mol. The molecule has 1 aliphatic rings. The van der Waals surface area contributed by atoms with E-state index in [1.165, 1.54) is 17.0 Å². The van der Waals surface area contributed by atoms with Gasteiger partial charge in [0.25, 0.3) is 5.56 Å². The summed E-state index contributed by atoms with van der Waals surface area (Å²) in [6.45, 7) is 2.28. The first-order valence-electron chi connectivity index (χ1n) is 8.62. The van der Waals surface area contributed by atoms with Gasteiger partial charge in [0.1, 0.15) is 12.2 Å². The summed E-state index contributed by atoms with van der Waals surface area (Å²) in [7, 11) is 0. The maximum Gasteiger partial charge on any atom is 0.267 e. The highest BCUT2D eigenvalue weighted by atomic mass is 16.3. The van der Waals surface area contributed by atoms with Gasteiger partial charge in [-0.05, 0) is 24.3 Å². The number of aromatic nitrogens is 4. The Labute approximate surface area is 154 Å². The van der Waals surface area contributed by atoms with E-state index in [0.717, 1.165) is 0 Å². The van der Waals surface area contributed by atoms with Gasteiger partial charge in [-0.2, -0.15) is 5.10 Å². The summed E-state index contributed by atoms with van der Waals surface area (Å²) < 4.78 is 6.47. The Morgan fingerprint density at radius 3 is 2.52 bits per heavy atom. The number of amides is 1. The predicted molar refractivity (Wildman–Crippen MR) is 97.0 cm³/mol. The Morgan fingerprint density at radius 2 is 1.81 bits per heavy atom. The van der Waals surface area contributed by atoms with Crippen LogP contribution in [0.1, 0.15) is 0 Å². The summed E-state index contributed by atoms with van der Waals surface area (Å²) in [5.41, 5.74) is 0.188. The van der Waals surface area contributed by atoms with Crippen molar-refractivity contribution in [3.05, 3.63) is 59.3 Å². The molecule has 0 aliphatic carbocycles. The molecule has 1 saturated heterocycles. The standard InChI is InChI=1S/C18H18N6O3/c25-16-5-4-14(15-3-1-12-27-15)21-24(16)13-17(26)22-8-10-23(11-9-22)18-19-6-2-7-20-18/h1-7,12H,8-11,13H2. The van der Waals surface area contributed by atoms with Crippen LogP contribution < -0.4 is 10.5 Å². The van der Waals surface area contributed by atoms with Crippen LogP contribution in [0.15, 0.2) is 58.2 Å². The van der Waals surface area contributed by atoms with Crippen LogP contribution in [0.4, 0.5) is 5.95 Å². The number of furan rings is 1. The van der Waals surface area contributed by atoms with E-state index in [2.05, 4.69) is 15.1 Å². The molecule has 1 fully saturated rings. The molecule has 4 heterocycles. The van der Waals surface area contributed by atoms with E-state index in [1.807, 2.05) is 4.90 Å². The molecule has 0 unspecified atom stereocenters. The average molecular weight is 366 g/mol. The Morgan fingerprint density at radius 1 is 1.04 bits per heavy atom. The maximum absolute atomic E-state index is 12.6. The van der Waals surface area contributed by atoms with Crippen LogP contribution in [0.2, 0.25) is 0 Å². The van der Waals surface area contributed by atoms with Gasteiger partial charge in [-0.3, -0.25) is 9.59 Å². The van der Waals surface area contributed by atoms with E-state index in [-0.39, 0.29) is 18.0 Å². The lowest BCUT2D eigenvalue weighted by Crippen LogP contribution is -2.50. The lowest BCUT2D eigenvalue weighted by Gasteiger charge is -2.34. The highest BCUT2D eigenvalue weighted by molar-refractivity contribution is 5.76. The van der Waals surface area contributed by atoms with Crippen molar-refractivity contribution in [3.63, 3.8) is 0 Å². The highest BCUT2D eigenvalue weighted by Crippen LogP contribution is 2.15. The summed E-state index contributed by atoms with van der Waals surface area (Å²) in [6, 6.07) is 8.24. The Bertz CT molecular complexity index is 962. The van der Waals surface area contributed by atoms with Gasteiger partial charge in [-0.1, -0.05) is 0 Å². The first kappa shape index (κ1) is 17.0. The molecule has 4 rings (SSSR count). The minimum Gasteiger partial charge on any atom is -0.463 e. The van der Waals surface area contributed by atoms with Gasteiger partial charge in [-0.25, -0.2) is 14.6 Å². The van der Waals surface area contributed by atoms with Gasteiger partial charge >= 0.3 is 0 Å². The van der Waals surface area contributed by atoms with Gasteiger partial charge in [0.15, 0.2) is 5.76 Å². The molecule has 0 N–H and O–H groups in total. The molecule has 9 nitrogen and oxygen atoms in total. The second kappa shape index (κ2) is 7.40. The highest BCUT2D eigenvalue weighted by Gasteiger charge is 2.23. The van der Waals surface area contributed by atoms with E-state index in [9.17, 15) is 9.59 Å². The number of rotatable bonds is 4. The van der Waals surface area contributed by atoms with E-state index < -0.39 is 0 Å². The number of nitrogens with zero attached hydrogens (tertiary/aromatic N) is 6. The van der Waals surface area contributed by atoms with Crippen molar-refractivity contribution >= 4 is 11.9 Å². The van der Waals surface area contributed by atoms with E-state index in [1.54, 1.807) is 41.6 Å². The predicted octanol–water partition coefficient (Wildman–Crippen LogP) is 0.642. The molecule has 1 aliphatic heterocycles. The average Bonchev–Trinajstić information content (AvgIpc) is 3.25. The van der Waals surface area contributed by atoms with Crippen molar-refractivity contribution in [3.8, 4) is 11.5 Å². The lowest BCUT2D eigenvalue weighted by atomic mass is 10.3. The van der Waals surface area contributed by atoms with Crippen LogP contribution in [0, 0.1) is 0 Å². The SMILES string of the molecule is O=C(Cn1nc(-c2ccco2)ccc1=O)N1CCN(c2ncccn2)CC1. The van der Waals surface area contributed by atoms with Gasteiger partial charge < -0.3 is 14.2 Å². The zero-order valence-corrected chi connectivity index (χ0v) is 14.6. The largest absolute Gasteiger partial charge is 0.463 e. The third-order valence-electron chi connectivity index (χ3n) is 4.39. The van der Waals surface area contributed by atoms with Crippen LogP contribution in [-0.2, 0) is 11.3 Å². The van der Waals surface area contributed by atoms with Crippen molar-refractivity contribution in [2.75, 3.05) is 31.1 Å². The molecule has 0 radical (unpaired) electrons. The molecule has 3 aromatic rings.